The Bertz CT molecular complexity index is 366. The predicted molar refractivity (Wildman–Crippen MR) is 72.8 cm³/mol. The van der Waals surface area contributed by atoms with Gasteiger partial charge in [-0.15, -0.1) is 0 Å². The highest BCUT2D eigenvalue weighted by atomic mass is 16.4. The fourth-order valence-corrected chi connectivity index (χ4v) is 2.33. The molecule has 2 rings (SSSR count). The minimum absolute atomic E-state index is 0.457. The van der Waals surface area contributed by atoms with Crippen molar-refractivity contribution >= 4 is 6.01 Å². The van der Waals surface area contributed by atoms with Crippen molar-refractivity contribution in [2.75, 3.05) is 38.1 Å². The van der Waals surface area contributed by atoms with Gasteiger partial charge in [0.2, 0.25) is 0 Å². The van der Waals surface area contributed by atoms with Crippen molar-refractivity contribution in [3.05, 3.63) is 12.0 Å². The Balaban J connectivity index is 1.92. The average Bonchev–Trinajstić information content (AvgIpc) is 2.78. The maximum absolute atomic E-state index is 5.60. The lowest BCUT2D eigenvalue weighted by Gasteiger charge is -2.37. The monoisotopic (exact) mass is 252 g/mol. The summed E-state index contributed by atoms with van der Waals surface area (Å²) in [5.41, 5.74) is 0.990. The minimum atomic E-state index is 0.457. The Morgan fingerprint density at radius 2 is 2.33 bits per heavy atom. The van der Waals surface area contributed by atoms with Gasteiger partial charge in [-0.25, -0.2) is 0 Å². The third kappa shape index (κ3) is 3.23. The molecule has 1 N–H and O–H groups in total. The number of nitrogens with zero attached hydrogens (tertiary/aromatic N) is 3. The number of piperazine rings is 1. The third-order valence-electron chi connectivity index (χ3n) is 3.35. The Morgan fingerprint density at radius 1 is 1.50 bits per heavy atom. The van der Waals surface area contributed by atoms with Crippen molar-refractivity contribution in [2.45, 2.75) is 32.9 Å². The number of anilines is 1. The lowest BCUT2D eigenvalue weighted by atomic mass is 10.2. The summed E-state index contributed by atoms with van der Waals surface area (Å²) in [7, 11) is 2.16. The third-order valence-corrected chi connectivity index (χ3v) is 3.35. The summed E-state index contributed by atoms with van der Waals surface area (Å²) in [5, 5.41) is 3.34. The molecule has 0 bridgehead atoms. The summed E-state index contributed by atoms with van der Waals surface area (Å²) in [4.78, 5) is 9.15. The topological polar surface area (TPSA) is 44.5 Å². The van der Waals surface area contributed by atoms with E-state index in [9.17, 15) is 0 Å². The molecule has 1 unspecified atom stereocenters. The summed E-state index contributed by atoms with van der Waals surface area (Å²) in [6, 6.07) is 1.22. The summed E-state index contributed by atoms with van der Waals surface area (Å²) in [5.74, 6) is 0. The van der Waals surface area contributed by atoms with Gasteiger partial charge in [0.25, 0.3) is 6.01 Å². The number of oxazole rings is 1. The van der Waals surface area contributed by atoms with Crippen LogP contribution in [-0.2, 0) is 6.54 Å². The van der Waals surface area contributed by atoms with E-state index >= 15 is 0 Å². The molecule has 0 radical (unpaired) electrons. The molecule has 5 heteroatoms. The number of likely N-dealkylation sites (N-methyl/N-ethyl adjacent to an activating group) is 1. The van der Waals surface area contributed by atoms with Crippen LogP contribution in [0.25, 0.3) is 0 Å². The highest BCUT2D eigenvalue weighted by Crippen LogP contribution is 2.19. The molecule has 0 aliphatic carbocycles. The number of aromatic nitrogens is 1. The second-order valence-electron chi connectivity index (χ2n) is 5.10. The predicted octanol–water partition coefficient (Wildman–Crippen LogP) is 1.31. The van der Waals surface area contributed by atoms with Gasteiger partial charge in [-0.2, -0.15) is 4.98 Å². The van der Waals surface area contributed by atoms with E-state index < -0.39 is 0 Å². The Kier molecular flexibility index (Phi) is 4.60. The molecule has 0 spiro atoms. The van der Waals surface area contributed by atoms with Crippen molar-refractivity contribution in [1.29, 1.82) is 0 Å². The van der Waals surface area contributed by atoms with Crippen molar-refractivity contribution in [3.8, 4) is 0 Å². The zero-order valence-electron chi connectivity index (χ0n) is 11.6. The molecular weight excluding hydrogens is 228 g/mol. The van der Waals surface area contributed by atoms with E-state index in [4.69, 9.17) is 4.42 Å². The zero-order valence-corrected chi connectivity index (χ0v) is 11.6. The molecule has 0 amide bonds. The summed E-state index contributed by atoms with van der Waals surface area (Å²) < 4.78 is 5.60. The number of rotatable bonds is 5. The van der Waals surface area contributed by atoms with Crippen LogP contribution in [0.3, 0.4) is 0 Å². The van der Waals surface area contributed by atoms with E-state index in [0.717, 1.165) is 50.9 Å². The minimum Gasteiger partial charge on any atom is -0.432 e. The molecule has 0 saturated carbocycles. The molecule has 18 heavy (non-hydrogen) atoms. The Labute approximate surface area is 109 Å². The smallest absolute Gasteiger partial charge is 0.297 e. The molecule has 1 aliphatic heterocycles. The number of hydrogen-bond donors (Lipinski definition) is 1. The first-order valence-corrected chi connectivity index (χ1v) is 6.81. The molecule has 1 aromatic rings. The highest BCUT2D eigenvalue weighted by molar-refractivity contribution is 5.30. The van der Waals surface area contributed by atoms with E-state index in [1.54, 1.807) is 6.26 Å². The first kappa shape index (κ1) is 13.4. The van der Waals surface area contributed by atoms with Gasteiger partial charge in [0.05, 0.1) is 5.69 Å². The second-order valence-corrected chi connectivity index (χ2v) is 5.10. The molecule has 1 atom stereocenters. The van der Waals surface area contributed by atoms with Gasteiger partial charge < -0.3 is 19.5 Å². The lowest BCUT2D eigenvalue weighted by Crippen LogP contribution is -2.50. The van der Waals surface area contributed by atoms with Gasteiger partial charge in [0.15, 0.2) is 0 Å². The van der Waals surface area contributed by atoms with Crippen LogP contribution in [0.2, 0.25) is 0 Å². The average molecular weight is 252 g/mol. The Morgan fingerprint density at radius 3 is 3.06 bits per heavy atom. The first-order chi connectivity index (χ1) is 8.70. The largest absolute Gasteiger partial charge is 0.432 e. The second kappa shape index (κ2) is 6.20. The van der Waals surface area contributed by atoms with E-state index in [-0.39, 0.29) is 0 Å². The summed E-state index contributed by atoms with van der Waals surface area (Å²) >= 11 is 0. The van der Waals surface area contributed by atoms with Crippen LogP contribution < -0.4 is 10.2 Å². The quantitative estimate of drug-likeness (QED) is 0.801. The summed E-state index contributed by atoms with van der Waals surface area (Å²) in [6.45, 7) is 9.30. The molecule has 5 nitrogen and oxygen atoms in total. The van der Waals surface area contributed by atoms with Crippen LogP contribution >= 0.6 is 0 Å². The van der Waals surface area contributed by atoms with E-state index in [0.29, 0.717) is 6.04 Å². The molecule has 102 valence electrons. The van der Waals surface area contributed by atoms with Gasteiger partial charge in [0.1, 0.15) is 6.26 Å². The van der Waals surface area contributed by atoms with Crippen molar-refractivity contribution in [3.63, 3.8) is 0 Å². The van der Waals surface area contributed by atoms with Crippen LogP contribution in [0.15, 0.2) is 10.7 Å². The van der Waals surface area contributed by atoms with Gasteiger partial charge in [-0.05, 0) is 26.9 Å². The van der Waals surface area contributed by atoms with Crippen LogP contribution in [0.5, 0.6) is 0 Å². The fourth-order valence-electron chi connectivity index (χ4n) is 2.33. The standard InChI is InChI=1S/C13H24N4O/c1-4-5-14-8-12-10-18-13(15-12)17-7-6-16(3)9-11(17)2/h10-11,14H,4-9H2,1-3H3. The molecular formula is C13H24N4O. The van der Waals surface area contributed by atoms with Crippen molar-refractivity contribution < 1.29 is 4.42 Å². The van der Waals surface area contributed by atoms with Crippen LogP contribution in [0.1, 0.15) is 26.0 Å². The lowest BCUT2D eigenvalue weighted by molar-refractivity contribution is 0.267. The summed E-state index contributed by atoms with van der Waals surface area (Å²) in [6.07, 6.45) is 2.91. The maximum atomic E-state index is 5.60. The first-order valence-electron chi connectivity index (χ1n) is 6.81. The molecule has 1 saturated heterocycles. The zero-order chi connectivity index (χ0) is 13.0. The number of hydrogen-bond acceptors (Lipinski definition) is 5. The van der Waals surface area contributed by atoms with Crippen molar-refractivity contribution in [1.82, 2.24) is 15.2 Å². The van der Waals surface area contributed by atoms with Gasteiger partial charge >= 0.3 is 0 Å². The van der Waals surface area contributed by atoms with Crippen LogP contribution in [0, 0.1) is 0 Å². The van der Waals surface area contributed by atoms with Gasteiger partial charge in [0, 0.05) is 32.2 Å². The molecule has 2 heterocycles. The highest BCUT2D eigenvalue weighted by Gasteiger charge is 2.24. The normalized spacial score (nSPS) is 21.5. The SMILES string of the molecule is CCCNCc1coc(N2CCN(C)CC2C)n1. The molecule has 0 aromatic carbocycles. The van der Waals surface area contributed by atoms with Crippen LogP contribution in [0.4, 0.5) is 6.01 Å². The van der Waals surface area contributed by atoms with E-state index in [1.165, 1.54) is 0 Å². The number of nitrogens with one attached hydrogen (secondary N) is 1. The fraction of sp³-hybridized carbons (Fsp3) is 0.769. The maximum Gasteiger partial charge on any atom is 0.297 e. The molecule has 1 aliphatic rings. The van der Waals surface area contributed by atoms with E-state index in [2.05, 4.69) is 41.0 Å². The molecule has 1 aromatic heterocycles. The van der Waals surface area contributed by atoms with Gasteiger partial charge in [-0.1, -0.05) is 6.92 Å². The van der Waals surface area contributed by atoms with E-state index in [1.807, 2.05) is 0 Å². The van der Waals surface area contributed by atoms with Crippen LogP contribution in [-0.4, -0.2) is 49.2 Å². The van der Waals surface area contributed by atoms with Gasteiger partial charge in [-0.3, -0.25) is 0 Å². The Hall–Kier alpha value is -1.07. The molecule has 1 fully saturated rings. The van der Waals surface area contributed by atoms with Crippen molar-refractivity contribution in [2.24, 2.45) is 0 Å².